The first-order valence-electron chi connectivity index (χ1n) is 5.27. The summed E-state index contributed by atoms with van der Waals surface area (Å²) in [4.78, 5) is 11.3. The number of nitrogens with two attached hydrogens (primary N) is 1. The molecule has 0 spiro atoms. The fraction of sp³-hybridized carbons (Fsp3) is 0.900. The van der Waals surface area contributed by atoms with Gasteiger partial charge < -0.3 is 0 Å². The first-order chi connectivity index (χ1) is 6.65. The average molecular weight is 218 g/mol. The zero-order chi connectivity index (χ0) is 11.0. The lowest BCUT2D eigenvalue weighted by Crippen LogP contribution is -2.37. The van der Waals surface area contributed by atoms with Crippen LogP contribution in [0.5, 0.6) is 0 Å². The monoisotopic (exact) mass is 218 g/mol. The van der Waals surface area contributed by atoms with Gasteiger partial charge in [-0.1, -0.05) is 33.6 Å². The third kappa shape index (κ3) is 5.50. The predicted octanol–water partition coefficient (Wildman–Crippen LogP) is 1.92. The Balaban J connectivity index is 3.90. The SMILES string of the molecule is CCCC(SCC(C)CC)C(=O)NN. The molecule has 0 bridgehead atoms. The first kappa shape index (κ1) is 13.8. The second-order valence-corrected chi connectivity index (χ2v) is 4.87. The van der Waals surface area contributed by atoms with Gasteiger partial charge in [0.1, 0.15) is 0 Å². The molecule has 0 aliphatic heterocycles. The molecule has 0 aromatic heterocycles. The van der Waals surface area contributed by atoms with E-state index in [0.717, 1.165) is 25.0 Å². The minimum Gasteiger partial charge on any atom is -0.293 e. The van der Waals surface area contributed by atoms with Crippen molar-refractivity contribution in [3.8, 4) is 0 Å². The molecule has 0 radical (unpaired) electrons. The summed E-state index contributed by atoms with van der Waals surface area (Å²) in [5.41, 5.74) is 2.23. The second kappa shape index (κ2) is 8.12. The van der Waals surface area contributed by atoms with Gasteiger partial charge in [0, 0.05) is 0 Å². The van der Waals surface area contributed by atoms with Crippen molar-refractivity contribution < 1.29 is 4.79 Å². The summed E-state index contributed by atoms with van der Waals surface area (Å²) in [5.74, 6) is 6.80. The molecule has 2 atom stereocenters. The molecule has 14 heavy (non-hydrogen) atoms. The smallest absolute Gasteiger partial charge is 0.246 e. The van der Waals surface area contributed by atoms with E-state index >= 15 is 0 Å². The van der Waals surface area contributed by atoms with Crippen LogP contribution in [0, 0.1) is 5.92 Å². The summed E-state index contributed by atoms with van der Waals surface area (Å²) in [7, 11) is 0. The predicted molar refractivity (Wildman–Crippen MR) is 62.9 cm³/mol. The summed E-state index contributed by atoms with van der Waals surface area (Å²) in [6, 6.07) is 0. The number of carbonyl (C=O) groups excluding carboxylic acids is 1. The van der Waals surface area contributed by atoms with E-state index in [2.05, 4.69) is 26.2 Å². The van der Waals surface area contributed by atoms with Gasteiger partial charge in [-0.15, -0.1) is 11.8 Å². The van der Waals surface area contributed by atoms with E-state index in [1.165, 1.54) is 0 Å². The highest BCUT2D eigenvalue weighted by Crippen LogP contribution is 2.20. The lowest BCUT2D eigenvalue weighted by atomic mass is 10.2. The molecular formula is C10H22N2OS. The molecule has 0 rings (SSSR count). The normalized spacial score (nSPS) is 14.9. The van der Waals surface area contributed by atoms with Gasteiger partial charge in [-0.05, 0) is 18.1 Å². The van der Waals surface area contributed by atoms with Crippen LogP contribution in [0.1, 0.15) is 40.0 Å². The van der Waals surface area contributed by atoms with E-state index < -0.39 is 0 Å². The number of amides is 1. The lowest BCUT2D eigenvalue weighted by molar-refractivity contribution is -0.120. The zero-order valence-electron chi connectivity index (χ0n) is 9.38. The van der Waals surface area contributed by atoms with Crippen LogP contribution in [0.15, 0.2) is 0 Å². The van der Waals surface area contributed by atoms with Crippen molar-refractivity contribution in [3.05, 3.63) is 0 Å². The highest BCUT2D eigenvalue weighted by atomic mass is 32.2. The number of hydrogen-bond acceptors (Lipinski definition) is 3. The van der Waals surface area contributed by atoms with Crippen molar-refractivity contribution in [2.24, 2.45) is 11.8 Å². The van der Waals surface area contributed by atoms with Crippen LogP contribution in [-0.2, 0) is 4.79 Å². The second-order valence-electron chi connectivity index (χ2n) is 3.63. The first-order valence-corrected chi connectivity index (χ1v) is 6.32. The van der Waals surface area contributed by atoms with Crippen molar-refractivity contribution in [3.63, 3.8) is 0 Å². The topological polar surface area (TPSA) is 55.1 Å². The Morgan fingerprint density at radius 3 is 2.57 bits per heavy atom. The molecule has 0 heterocycles. The molecule has 1 amide bonds. The Labute approximate surface area is 91.2 Å². The number of rotatable bonds is 7. The molecule has 84 valence electrons. The van der Waals surface area contributed by atoms with Crippen LogP contribution in [0.3, 0.4) is 0 Å². The van der Waals surface area contributed by atoms with Gasteiger partial charge in [0.2, 0.25) is 5.91 Å². The minimum absolute atomic E-state index is 0.0269. The fourth-order valence-electron chi connectivity index (χ4n) is 1.04. The van der Waals surface area contributed by atoms with E-state index in [-0.39, 0.29) is 11.2 Å². The van der Waals surface area contributed by atoms with Gasteiger partial charge in [0.05, 0.1) is 5.25 Å². The summed E-state index contributed by atoms with van der Waals surface area (Å²) in [6.07, 6.45) is 3.09. The molecule has 0 fully saturated rings. The molecular weight excluding hydrogens is 196 g/mol. The highest BCUT2D eigenvalue weighted by molar-refractivity contribution is 8.00. The molecule has 2 unspecified atom stereocenters. The Bertz CT molecular complexity index is 164. The fourth-order valence-corrected chi connectivity index (χ4v) is 2.46. The molecule has 4 heteroatoms. The Morgan fingerprint density at radius 2 is 2.14 bits per heavy atom. The number of nitrogens with one attached hydrogen (secondary N) is 1. The maximum absolute atomic E-state index is 11.3. The van der Waals surface area contributed by atoms with Crippen LogP contribution in [0.4, 0.5) is 0 Å². The molecule has 3 nitrogen and oxygen atoms in total. The van der Waals surface area contributed by atoms with Crippen LogP contribution in [-0.4, -0.2) is 16.9 Å². The molecule has 0 aliphatic carbocycles. The maximum Gasteiger partial charge on any atom is 0.246 e. The van der Waals surface area contributed by atoms with Crippen molar-refractivity contribution >= 4 is 17.7 Å². The number of hydrogen-bond donors (Lipinski definition) is 2. The van der Waals surface area contributed by atoms with Crippen LogP contribution < -0.4 is 11.3 Å². The van der Waals surface area contributed by atoms with Crippen molar-refractivity contribution in [2.75, 3.05) is 5.75 Å². The molecule has 0 aliphatic rings. The molecule has 0 saturated carbocycles. The third-order valence-electron chi connectivity index (χ3n) is 2.26. The van der Waals surface area contributed by atoms with E-state index in [1.54, 1.807) is 11.8 Å². The maximum atomic E-state index is 11.3. The molecule has 0 saturated heterocycles. The summed E-state index contributed by atoms with van der Waals surface area (Å²) in [5, 5.41) is 0.0269. The standard InChI is InChI=1S/C10H22N2OS/c1-4-6-9(10(13)12-11)14-7-8(3)5-2/h8-9H,4-7,11H2,1-3H3,(H,12,13). The van der Waals surface area contributed by atoms with Gasteiger partial charge in [0.15, 0.2) is 0 Å². The van der Waals surface area contributed by atoms with E-state index in [1.807, 2.05) is 0 Å². The van der Waals surface area contributed by atoms with E-state index in [9.17, 15) is 4.79 Å². The van der Waals surface area contributed by atoms with E-state index in [4.69, 9.17) is 5.84 Å². The highest BCUT2D eigenvalue weighted by Gasteiger charge is 2.17. The van der Waals surface area contributed by atoms with Gasteiger partial charge >= 0.3 is 0 Å². The quantitative estimate of drug-likeness (QED) is 0.390. The third-order valence-corrected chi connectivity index (χ3v) is 3.88. The summed E-state index contributed by atoms with van der Waals surface area (Å²) < 4.78 is 0. The average Bonchev–Trinajstić information content (AvgIpc) is 2.22. The Kier molecular flexibility index (Phi) is 7.99. The molecule has 0 aromatic rings. The van der Waals surface area contributed by atoms with Crippen LogP contribution in [0.25, 0.3) is 0 Å². The summed E-state index contributed by atoms with van der Waals surface area (Å²) in [6.45, 7) is 6.46. The number of carbonyl (C=O) groups is 1. The molecule has 0 aromatic carbocycles. The Morgan fingerprint density at radius 1 is 1.50 bits per heavy atom. The van der Waals surface area contributed by atoms with Gasteiger partial charge in [0.25, 0.3) is 0 Å². The van der Waals surface area contributed by atoms with Crippen molar-refractivity contribution in [1.29, 1.82) is 0 Å². The van der Waals surface area contributed by atoms with Gasteiger partial charge in [-0.3, -0.25) is 10.2 Å². The minimum atomic E-state index is -0.0415. The summed E-state index contributed by atoms with van der Waals surface area (Å²) >= 11 is 1.72. The van der Waals surface area contributed by atoms with Crippen molar-refractivity contribution in [2.45, 2.75) is 45.3 Å². The number of thioether (sulfide) groups is 1. The lowest BCUT2D eigenvalue weighted by Gasteiger charge is -2.16. The number of hydrazine groups is 1. The van der Waals surface area contributed by atoms with Gasteiger partial charge in [-0.25, -0.2) is 5.84 Å². The largest absolute Gasteiger partial charge is 0.293 e. The zero-order valence-corrected chi connectivity index (χ0v) is 10.2. The van der Waals surface area contributed by atoms with Gasteiger partial charge in [-0.2, -0.15) is 0 Å². The van der Waals surface area contributed by atoms with Crippen LogP contribution in [0.2, 0.25) is 0 Å². The van der Waals surface area contributed by atoms with E-state index in [0.29, 0.717) is 5.92 Å². The van der Waals surface area contributed by atoms with Crippen molar-refractivity contribution in [1.82, 2.24) is 5.43 Å². The van der Waals surface area contributed by atoms with Crippen LogP contribution >= 0.6 is 11.8 Å². The Hall–Kier alpha value is -0.220. The molecule has 3 N–H and O–H groups in total.